The van der Waals surface area contributed by atoms with Crippen LogP contribution in [0.2, 0.25) is 0 Å². The third-order valence-electron chi connectivity index (χ3n) is 2.38. The molecular weight excluding hydrogens is 240 g/mol. The molecule has 0 heterocycles. The largest absolute Gasteiger partial charge is 0.481 e. The summed E-state index contributed by atoms with van der Waals surface area (Å²) in [6.07, 6.45) is -6.31. The van der Waals surface area contributed by atoms with E-state index in [1.807, 2.05) is 0 Å². The first-order valence-corrected chi connectivity index (χ1v) is 4.77. The number of carboxylic acid groups (broad SMARTS) is 1. The lowest BCUT2D eigenvalue weighted by Crippen LogP contribution is -2.16. The predicted octanol–water partition coefficient (Wildman–Crippen LogP) is 3.44. The summed E-state index contributed by atoms with van der Waals surface area (Å²) in [7, 11) is 0. The van der Waals surface area contributed by atoms with Crippen LogP contribution < -0.4 is 0 Å². The molecule has 0 bridgehead atoms. The maximum atomic E-state index is 13.5. The number of carboxylic acids is 1. The molecule has 0 spiro atoms. The number of rotatable bonds is 3. The van der Waals surface area contributed by atoms with Gasteiger partial charge in [0.2, 0.25) is 0 Å². The fourth-order valence-corrected chi connectivity index (χ4v) is 1.27. The van der Waals surface area contributed by atoms with E-state index >= 15 is 0 Å². The van der Waals surface area contributed by atoms with Gasteiger partial charge in [-0.1, -0.05) is 12.1 Å². The van der Waals surface area contributed by atoms with Crippen LogP contribution in [0, 0.1) is 5.92 Å². The number of hydrogen-bond donors (Lipinski definition) is 1. The van der Waals surface area contributed by atoms with Crippen LogP contribution in [0.1, 0.15) is 24.2 Å². The van der Waals surface area contributed by atoms with Gasteiger partial charge in [0, 0.05) is 0 Å². The van der Waals surface area contributed by atoms with Crippen molar-refractivity contribution in [1.29, 1.82) is 0 Å². The number of hydrogen-bond acceptors (Lipinski definition) is 1. The number of carbonyl (C=O) groups is 1. The van der Waals surface area contributed by atoms with Crippen molar-refractivity contribution in [3.8, 4) is 0 Å². The van der Waals surface area contributed by atoms with E-state index in [1.165, 1.54) is 0 Å². The molecular formula is C11H10F4O2. The standard InChI is InChI=1S/C11H10F4O2/c1-6(10(16)17)9(12)7-2-4-8(5-3-7)11(13,14)15/h2-6,9H,1H3,(H,16,17). The second-order valence-corrected chi connectivity index (χ2v) is 3.65. The van der Waals surface area contributed by atoms with E-state index in [9.17, 15) is 22.4 Å². The Hall–Kier alpha value is -1.59. The summed E-state index contributed by atoms with van der Waals surface area (Å²) >= 11 is 0. The van der Waals surface area contributed by atoms with Crippen molar-refractivity contribution >= 4 is 5.97 Å². The summed E-state index contributed by atoms with van der Waals surface area (Å²) in [5.74, 6) is -2.64. The molecule has 94 valence electrons. The SMILES string of the molecule is CC(C(=O)O)C(F)c1ccc(C(F)(F)F)cc1. The van der Waals surface area contributed by atoms with Crippen LogP contribution >= 0.6 is 0 Å². The fraction of sp³-hybridized carbons (Fsp3) is 0.364. The fourth-order valence-electron chi connectivity index (χ4n) is 1.27. The topological polar surface area (TPSA) is 37.3 Å². The minimum absolute atomic E-state index is 0.0760. The zero-order chi connectivity index (χ0) is 13.2. The molecule has 1 aromatic carbocycles. The Kier molecular flexibility index (Phi) is 3.75. The van der Waals surface area contributed by atoms with E-state index in [1.54, 1.807) is 0 Å². The van der Waals surface area contributed by atoms with E-state index in [0.717, 1.165) is 31.2 Å². The van der Waals surface area contributed by atoms with E-state index in [2.05, 4.69) is 0 Å². The monoisotopic (exact) mass is 250 g/mol. The first-order valence-electron chi connectivity index (χ1n) is 4.77. The van der Waals surface area contributed by atoms with Crippen molar-refractivity contribution in [1.82, 2.24) is 0 Å². The Bertz CT molecular complexity index is 397. The van der Waals surface area contributed by atoms with Gasteiger partial charge in [0.25, 0.3) is 0 Å². The summed E-state index contributed by atoms with van der Waals surface area (Å²) in [5.41, 5.74) is -0.968. The van der Waals surface area contributed by atoms with Crippen molar-refractivity contribution in [3.63, 3.8) is 0 Å². The molecule has 2 unspecified atom stereocenters. The highest BCUT2D eigenvalue weighted by atomic mass is 19.4. The van der Waals surface area contributed by atoms with Gasteiger partial charge in [0.1, 0.15) is 6.17 Å². The second kappa shape index (κ2) is 4.73. The molecule has 6 heteroatoms. The average Bonchev–Trinajstić information content (AvgIpc) is 2.26. The maximum absolute atomic E-state index is 13.5. The Morgan fingerprint density at radius 3 is 2.06 bits per heavy atom. The van der Waals surface area contributed by atoms with Gasteiger partial charge in [-0.25, -0.2) is 4.39 Å². The van der Waals surface area contributed by atoms with Crippen molar-refractivity contribution < 1.29 is 27.5 Å². The van der Waals surface area contributed by atoms with Crippen LogP contribution in [0.5, 0.6) is 0 Å². The van der Waals surface area contributed by atoms with Gasteiger partial charge in [-0.2, -0.15) is 13.2 Å². The lowest BCUT2D eigenvalue weighted by molar-refractivity contribution is -0.143. The van der Waals surface area contributed by atoms with Crippen LogP contribution in [-0.2, 0) is 11.0 Å². The first-order chi connectivity index (χ1) is 7.73. The lowest BCUT2D eigenvalue weighted by atomic mass is 9.98. The Morgan fingerprint density at radius 2 is 1.71 bits per heavy atom. The molecule has 0 amide bonds. The van der Waals surface area contributed by atoms with E-state index < -0.39 is 29.8 Å². The Morgan fingerprint density at radius 1 is 1.24 bits per heavy atom. The highest BCUT2D eigenvalue weighted by Gasteiger charge is 2.31. The molecule has 0 aliphatic carbocycles. The summed E-state index contributed by atoms with van der Waals surface area (Å²) in [6, 6.07) is 3.37. The predicted molar refractivity (Wildman–Crippen MR) is 52.1 cm³/mol. The van der Waals surface area contributed by atoms with Gasteiger partial charge < -0.3 is 5.11 Å². The van der Waals surface area contributed by atoms with E-state index in [-0.39, 0.29) is 5.56 Å². The number of benzene rings is 1. The third kappa shape index (κ3) is 3.18. The summed E-state index contributed by atoms with van der Waals surface area (Å²) in [6.45, 7) is 1.16. The summed E-state index contributed by atoms with van der Waals surface area (Å²) < 4.78 is 50.2. The minimum Gasteiger partial charge on any atom is -0.481 e. The van der Waals surface area contributed by atoms with Crippen LogP contribution in [0.15, 0.2) is 24.3 Å². The van der Waals surface area contributed by atoms with Gasteiger partial charge >= 0.3 is 12.1 Å². The van der Waals surface area contributed by atoms with Crippen LogP contribution in [0.4, 0.5) is 17.6 Å². The number of halogens is 4. The van der Waals surface area contributed by atoms with Crippen LogP contribution in [0.25, 0.3) is 0 Å². The van der Waals surface area contributed by atoms with Gasteiger partial charge in [0.15, 0.2) is 0 Å². The maximum Gasteiger partial charge on any atom is 0.416 e. The molecule has 2 nitrogen and oxygen atoms in total. The zero-order valence-electron chi connectivity index (χ0n) is 8.83. The van der Waals surface area contributed by atoms with Crippen molar-refractivity contribution in [2.24, 2.45) is 5.92 Å². The summed E-state index contributed by atoms with van der Waals surface area (Å²) in [5, 5.41) is 8.58. The van der Waals surface area contributed by atoms with E-state index in [4.69, 9.17) is 5.11 Å². The van der Waals surface area contributed by atoms with Crippen LogP contribution in [0.3, 0.4) is 0 Å². The molecule has 2 atom stereocenters. The molecule has 1 rings (SSSR count). The molecule has 0 radical (unpaired) electrons. The van der Waals surface area contributed by atoms with Gasteiger partial charge in [0.05, 0.1) is 11.5 Å². The van der Waals surface area contributed by atoms with Gasteiger partial charge in [-0.15, -0.1) is 0 Å². The first kappa shape index (κ1) is 13.5. The van der Waals surface area contributed by atoms with Crippen molar-refractivity contribution in [3.05, 3.63) is 35.4 Å². The Balaban J connectivity index is 2.92. The van der Waals surface area contributed by atoms with E-state index in [0.29, 0.717) is 0 Å². The van der Waals surface area contributed by atoms with Gasteiger partial charge in [-0.05, 0) is 24.6 Å². The highest BCUT2D eigenvalue weighted by molar-refractivity contribution is 5.70. The second-order valence-electron chi connectivity index (χ2n) is 3.65. The quantitative estimate of drug-likeness (QED) is 0.834. The number of aliphatic carboxylic acids is 1. The van der Waals surface area contributed by atoms with Crippen molar-refractivity contribution in [2.75, 3.05) is 0 Å². The normalized spacial score (nSPS) is 15.4. The molecule has 0 aliphatic rings. The molecule has 1 N–H and O–H groups in total. The molecule has 0 saturated carbocycles. The highest BCUT2D eigenvalue weighted by Crippen LogP contribution is 2.32. The van der Waals surface area contributed by atoms with Crippen LogP contribution in [-0.4, -0.2) is 11.1 Å². The molecule has 0 aromatic heterocycles. The minimum atomic E-state index is -4.48. The lowest BCUT2D eigenvalue weighted by Gasteiger charge is -2.14. The molecule has 0 aliphatic heterocycles. The molecule has 1 aromatic rings. The molecule has 0 saturated heterocycles. The van der Waals surface area contributed by atoms with Gasteiger partial charge in [-0.3, -0.25) is 4.79 Å². The number of alkyl halides is 4. The average molecular weight is 250 g/mol. The smallest absolute Gasteiger partial charge is 0.416 e. The molecule has 0 fully saturated rings. The molecule has 17 heavy (non-hydrogen) atoms. The Labute approximate surface area is 94.9 Å². The third-order valence-corrected chi connectivity index (χ3v) is 2.38. The zero-order valence-corrected chi connectivity index (χ0v) is 8.83. The summed E-state index contributed by atoms with van der Waals surface area (Å²) in [4.78, 5) is 10.5. The van der Waals surface area contributed by atoms with Crippen molar-refractivity contribution in [2.45, 2.75) is 19.3 Å².